The average Bonchev–Trinajstić information content (AvgIpc) is 2.83. The highest BCUT2D eigenvalue weighted by Gasteiger charge is 2.44. The first-order valence-corrected chi connectivity index (χ1v) is 6.97. The predicted octanol–water partition coefficient (Wildman–Crippen LogP) is 2.86. The van der Waals surface area contributed by atoms with Crippen molar-refractivity contribution in [3.05, 3.63) is 34.6 Å². The first-order valence-electron chi connectivity index (χ1n) is 6.60. The number of nitrogens with two attached hydrogens (primary N) is 1. The molecule has 1 saturated carbocycles. The summed E-state index contributed by atoms with van der Waals surface area (Å²) in [6.45, 7) is 0. The molecular formula is C14H21ClFN3. The molecule has 3 N–H and O–H groups in total. The Morgan fingerprint density at radius 3 is 2.47 bits per heavy atom. The molecule has 106 valence electrons. The third-order valence-corrected chi connectivity index (χ3v) is 4.57. The van der Waals surface area contributed by atoms with E-state index in [1.54, 1.807) is 12.1 Å². The number of hydrogen-bond acceptors (Lipinski definition) is 3. The molecule has 1 atom stereocenters. The van der Waals surface area contributed by atoms with Crippen LogP contribution in [0.15, 0.2) is 18.2 Å². The van der Waals surface area contributed by atoms with Crippen LogP contribution in [0.25, 0.3) is 0 Å². The zero-order valence-electron chi connectivity index (χ0n) is 11.4. The van der Waals surface area contributed by atoms with Gasteiger partial charge in [-0.25, -0.2) is 4.39 Å². The van der Waals surface area contributed by atoms with E-state index in [2.05, 4.69) is 10.3 Å². The summed E-state index contributed by atoms with van der Waals surface area (Å²) >= 11 is 5.82. The molecule has 1 aliphatic carbocycles. The van der Waals surface area contributed by atoms with Gasteiger partial charge in [-0.1, -0.05) is 30.5 Å². The van der Waals surface area contributed by atoms with Crippen molar-refractivity contribution in [1.29, 1.82) is 0 Å². The second kappa shape index (κ2) is 5.75. The first-order chi connectivity index (χ1) is 9.01. The highest BCUT2D eigenvalue weighted by molar-refractivity contribution is 6.30. The number of halogens is 2. The normalized spacial score (nSPS) is 19.9. The van der Waals surface area contributed by atoms with Crippen LogP contribution < -0.4 is 11.3 Å². The van der Waals surface area contributed by atoms with E-state index < -0.39 is 0 Å². The van der Waals surface area contributed by atoms with Crippen molar-refractivity contribution >= 4 is 11.6 Å². The van der Waals surface area contributed by atoms with Gasteiger partial charge >= 0.3 is 0 Å². The predicted molar refractivity (Wildman–Crippen MR) is 76.4 cm³/mol. The Labute approximate surface area is 118 Å². The Morgan fingerprint density at radius 1 is 1.37 bits per heavy atom. The smallest absolute Gasteiger partial charge is 0.129 e. The van der Waals surface area contributed by atoms with E-state index in [-0.39, 0.29) is 17.4 Å². The van der Waals surface area contributed by atoms with Gasteiger partial charge in [0.15, 0.2) is 0 Å². The van der Waals surface area contributed by atoms with Crippen molar-refractivity contribution in [3.8, 4) is 0 Å². The van der Waals surface area contributed by atoms with E-state index in [9.17, 15) is 4.39 Å². The largest absolute Gasteiger partial charge is 0.302 e. The van der Waals surface area contributed by atoms with Crippen molar-refractivity contribution in [2.24, 2.45) is 5.84 Å². The van der Waals surface area contributed by atoms with Gasteiger partial charge < -0.3 is 4.90 Å². The summed E-state index contributed by atoms with van der Waals surface area (Å²) in [5.41, 5.74) is 3.27. The van der Waals surface area contributed by atoms with Gasteiger partial charge in [0.05, 0.1) is 6.04 Å². The van der Waals surface area contributed by atoms with Gasteiger partial charge in [-0.2, -0.15) is 0 Å². The first kappa shape index (κ1) is 14.7. The van der Waals surface area contributed by atoms with Crippen molar-refractivity contribution in [1.82, 2.24) is 10.3 Å². The topological polar surface area (TPSA) is 41.3 Å². The fraction of sp³-hybridized carbons (Fsp3) is 0.571. The Kier molecular flexibility index (Phi) is 4.46. The van der Waals surface area contributed by atoms with Gasteiger partial charge in [0.25, 0.3) is 0 Å². The molecule has 1 aliphatic rings. The highest BCUT2D eigenvalue weighted by Crippen LogP contribution is 2.43. The molecule has 1 fully saturated rings. The zero-order valence-corrected chi connectivity index (χ0v) is 12.2. The Bertz CT molecular complexity index is 444. The number of nitrogens with zero attached hydrogens (tertiary/aromatic N) is 1. The number of rotatable bonds is 4. The van der Waals surface area contributed by atoms with Gasteiger partial charge in [-0.15, -0.1) is 0 Å². The van der Waals surface area contributed by atoms with Crippen LogP contribution >= 0.6 is 11.6 Å². The van der Waals surface area contributed by atoms with E-state index >= 15 is 0 Å². The minimum Gasteiger partial charge on any atom is -0.302 e. The molecule has 0 aromatic heterocycles. The molecule has 5 heteroatoms. The summed E-state index contributed by atoms with van der Waals surface area (Å²) in [5, 5.41) is 0.405. The Hall–Kier alpha value is -0.680. The van der Waals surface area contributed by atoms with Gasteiger partial charge in [0.2, 0.25) is 0 Å². The molecule has 1 aromatic rings. The van der Waals surface area contributed by atoms with E-state index in [0.29, 0.717) is 10.6 Å². The maximum absolute atomic E-state index is 14.2. The Balaban J connectivity index is 2.43. The summed E-state index contributed by atoms with van der Waals surface area (Å²) in [6.07, 6.45) is 4.31. The molecule has 0 bridgehead atoms. The fourth-order valence-corrected chi connectivity index (χ4v) is 3.41. The van der Waals surface area contributed by atoms with E-state index in [1.165, 1.54) is 6.07 Å². The number of likely N-dealkylation sites (N-methyl/N-ethyl adjacent to an activating group) is 1. The van der Waals surface area contributed by atoms with Crippen LogP contribution in [0.1, 0.15) is 37.3 Å². The van der Waals surface area contributed by atoms with Gasteiger partial charge in [-0.05, 0) is 39.1 Å². The quantitative estimate of drug-likeness (QED) is 0.660. The maximum Gasteiger partial charge on any atom is 0.129 e. The standard InChI is InChI=1S/C14H21ClFN3/c1-19(2)14(7-3-4-8-14)13(18-17)11-6-5-10(15)9-12(11)16/h5-6,9,13,18H,3-4,7-8,17H2,1-2H3. The maximum atomic E-state index is 14.2. The van der Waals surface area contributed by atoms with E-state index in [1.807, 2.05) is 14.1 Å². The van der Waals surface area contributed by atoms with E-state index in [4.69, 9.17) is 17.4 Å². The summed E-state index contributed by atoms with van der Waals surface area (Å²) in [7, 11) is 4.06. The third kappa shape index (κ3) is 2.63. The van der Waals surface area contributed by atoms with Crippen molar-refractivity contribution < 1.29 is 4.39 Å². The molecular weight excluding hydrogens is 265 g/mol. The molecule has 2 rings (SSSR count). The van der Waals surface area contributed by atoms with Gasteiger partial charge in [-0.3, -0.25) is 11.3 Å². The average molecular weight is 286 g/mol. The zero-order chi connectivity index (χ0) is 14.0. The number of hydrogen-bond donors (Lipinski definition) is 2. The lowest BCUT2D eigenvalue weighted by atomic mass is 9.82. The van der Waals surface area contributed by atoms with Crippen LogP contribution in [0.2, 0.25) is 5.02 Å². The molecule has 1 unspecified atom stereocenters. The number of benzene rings is 1. The molecule has 0 saturated heterocycles. The molecule has 1 aromatic carbocycles. The molecule has 0 spiro atoms. The van der Waals surface area contributed by atoms with Crippen LogP contribution in [0.5, 0.6) is 0 Å². The lowest BCUT2D eigenvalue weighted by Crippen LogP contribution is -2.53. The van der Waals surface area contributed by atoms with E-state index in [0.717, 1.165) is 25.7 Å². The van der Waals surface area contributed by atoms with Crippen LogP contribution in [0.4, 0.5) is 4.39 Å². The minimum atomic E-state index is -0.302. The minimum absolute atomic E-state index is 0.135. The highest BCUT2D eigenvalue weighted by atomic mass is 35.5. The second-order valence-corrected chi connectivity index (χ2v) is 5.91. The Morgan fingerprint density at radius 2 is 2.00 bits per heavy atom. The summed E-state index contributed by atoms with van der Waals surface area (Å²) < 4.78 is 14.2. The van der Waals surface area contributed by atoms with Crippen molar-refractivity contribution in [2.75, 3.05) is 14.1 Å². The van der Waals surface area contributed by atoms with Crippen LogP contribution in [-0.4, -0.2) is 24.5 Å². The fourth-order valence-electron chi connectivity index (χ4n) is 3.25. The SMILES string of the molecule is CN(C)C1(C(NN)c2ccc(Cl)cc2F)CCCC1. The number of hydrazine groups is 1. The molecule has 19 heavy (non-hydrogen) atoms. The lowest BCUT2D eigenvalue weighted by Gasteiger charge is -2.43. The molecule has 0 radical (unpaired) electrons. The molecule has 0 amide bonds. The second-order valence-electron chi connectivity index (χ2n) is 5.47. The van der Waals surface area contributed by atoms with Crippen molar-refractivity contribution in [2.45, 2.75) is 37.3 Å². The summed E-state index contributed by atoms with van der Waals surface area (Å²) in [4.78, 5) is 2.17. The van der Waals surface area contributed by atoms with Crippen molar-refractivity contribution in [3.63, 3.8) is 0 Å². The van der Waals surface area contributed by atoms with Gasteiger partial charge in [0.1, 0.15) is 5.82 Å². The molecule has 0 aliphatic heterocycles. The monoisotopic (exact) mass is 285 g/mol. The third-order valence-electron chi connectivity index (χ3n) is 4.34. The van der Waals surface area contributed by atoms with Crippen LogP contribution in [0, 0.1) is 5.82 Å². The summed E-state index contributed by atoms with van der Waals surface area (Å²) in [6, 6.07) is 4.55. The lowest BCUT2D eigenvalue weighted by molar-refractivity contribution is 0.103. The molecule has 0 heterocycles. The summed E-state index contributed by atoms with van der Waals surface area (Å²) in [5.74, 6) is 5.44. The number of nitrogens with one attached hydrogen (secondary N) is 1. The van der Waals surface area contributed by atoms with Crippen LogP contribution in [0.3, 0.4) is 0 Å². The van der Waals surface area contributed by atoms with Gasteiger partial charge in [0, 0.05) is 16.1 Å². The van der Waals surface area contributed by atoms with Crippen LogP contribution in [-0.2, 0) is 0 Å². The molecule has 3 nitrogen and oxygen atoms in total.